The predicted molar refractivity (Wildman–Crippen MR) is 75.5 cm³/mol. The molecular weight excluding hydrogens is 230 g/mol. The molecule has 2 nitrogen and oxygen atoms in total. The van der Waals surface area contributed by atoms with Gasteiger partial charge in [-0.05, 0) is 44.2 Å². The fourth-order valence-corrected chi connectivity index (χ4v) is 2.17. The molecule has 0 saturated heterocycles. The van der Waals surface area contributed by atoms with Gasteiger partial charge in [-0.3, -0.25) is 4.90 Å². The fraction of sp³-hybridized carbons (Fsp3) is 0.571. The molecule has 0 heterocycles. The summed E-state index contributed by atoms with van der Waals surface area (Å²) in [5.74, 6) is 0. The normalized spacial score (nSPS) is 11.4. The van der Waals surface area contributed by atoms with Crippen molar-refractivity contribution < 1.29 is 5.11 Å². The first kappa shape index (κ1) is 14.6. The Morgan fingerprint density at radius 1 is 1.24 bits per heavy atom. The molecule has 0 fully saturated rings. The SMILES string of the molecule is CSc1ccc(CN(CCCO)C(C)C)cc1. The van der Waals surface area contributed by atoms with E-state index in [0.717, 1.165) is 19.5 Å². The van der Waals surface area contributed by atoms with Gasteiger partial charge in [0.05, 0.1) is 0 Å². The van der Waals surface area contributed by atoms with Gasteiger partial charge in [0.15, 0.2) is 0 Å². The minimum Gasteiger partial charge on any atom is -0.396 e. The zero-order chi connectivity index (χ0) is 12.7. The first-order valence-electron chi connectivity index (χ1n) is 6.15. The van der Waals surface area contributed by atoms with Crippen LogP contribution in [-0.4, -0.2) is 35.5 Å². The second-order valence-corrected chi connectivity index (χ2v) is 5.37. The number of hydrogen-bond donors (Lipinski definition) is 1. The molecule has 1 aromatic carbocycles. The summed E-state index contributed by atoms with van der Waals surface area (Å²) in [5.41, 5.74) is 1.34. The van der Waals surface area contributed by atoms with Crippen LogP contribution in [-0.2, 0) is 6.54 Å². The maximum absolute atomic E-state index is 8.90. The Balaban J connectivity index is 2.58. The molecule has 1 rings (SSSR count). The lowest BCUT2D eigenvalue weighted by molar-refractivity contribution is 0.185. The molecule has 0 bridgehead atoms. The molecule has 1 aromatic rings. The van der Waals surface area contributed by atoms with E-state index >= 15 is 0 Å². The summed E-state index contributed by atoms with van der Waals surface area (Å²) in [5, 5.41) is 8.90. The lowest BCUT2D eigenvalue weighted by atomic mass is 10.2. The van der Waals surface area contributed by atoms with Crippen LogP contribution in [0.1, 0.15) is 25.8 Å². The molecule has 0 spiro atoms. The summed E-state index contributed by atoms with van der Waals surface area (Å²) in [6, 6.07) is 9.25. The Bertz CT molecular complexity index is 311. The van der Waals surface area contributed by atoms with Gasteiger partial charge in [-0.15, -0.1) is 11.8 Å². The van der Waals surface area contributed by atoms with Crippen molar-refractivity contribution in [2.45, 2.75) is 37.8 Å². The minimum atomic E-state index is 0.272. The Labute approximate surface area is 109 Å². The van der Waals surface area contributed by atoms with Gasteiger partial charge in [-0.1, -0.05) is 12.1 Å². The van der Waals surface area contributed by atoms with Crippen molar-refractivity contribution in [3.63, 3.8) is 0 Å². The third-order valence-electron chi connectivity index (χ3n) is 2.88. The molecule has 17 heavy (non-hydrogen) atoms. The molecule has 0 amide bonds. The minimum absolute atomic E-state index is 0.272. The third kappa shape index (κ3) is 5.11. The van der Waals surface area contributed by atoms with Crippen molar-refractivity contribution in [1.82, 2.24) is 4.90 Å². The largest absolute Gasteiger partial charge is 0.396 e. The number of nitrogens with zero attached hydrogens (tertiary/aromatic N) is 1. The van der Waals surface area contributed by atoms with E-state index in [4.69, 9.17) is 5.11 Å². The molecule has 0 aliphatic heterocycles. The molecule has 0 unspecified atom stereocenters. The van der Waals surface area contributed by atoms with Gasteiger partial charge < -0.3 is 5.11 Å². The molecule has 1 N–H and O–H groups in total. The maximum Gasteiger partial charge on any atom is 0.0443 e. The average molecular weight is 253 g/mol. The Morgan fingerprint density at radius 2 is 1.88 bits per heavy atom. The summed E-state index contributed by atoms with van der Waals surface area (Å²) < 4.78 is 0. The van der Waals surface area contributed by atoms with Gasteiger partial charge in [-0.2, -0.15) is 0 Å². The Kier molecular flexibility index (Phi) is 6.63. The lowest BCUT2D eigenvalue weighted by Gasteiger charge is -2.26. The zero-order valence-electron chi connectivity index (χ0n) is 11.0. The molecule has 0 atom stereocenters. The summed E-state index contributed by atoms with van der Waals surface area (Å²) in [6.45, 7) is 6.60. The standard InChI is InChI=1S/C14H23NOS/c1-12(2)15(9-4-10-16)11-13-5-7-14(17-3)8-6-13/h5-8,12,16H,4,9-11H2,1-3H3. The van der Waals surface area contributed by atoms with Gasteiger partial charge in [0, 0.05) is 30.6 Å². The van der Waals surface area contributed by atoms with E-state index in [0.29, 0.717) is 6.04 Å². The first-order valence-corrected chi connectivity index (χ1v) is 7.37. The smallest absolute Gasteiger partial charge is 0.0443 e. The topological polar surface area (TPSA) is 23.5 Å². The molecule has 0 radical (unpaired) electrons. The van der Waals surface area contributed by atoms with E-state index < -0.39 is 0 Å². The van der Waals surface area contributed by atoms with Crippen molar-refractivity contribution in [1.29, 1.82) is 0 Å². The number of benzene rings is 1. The van der Waals surface area contributed by atoms with E-state index in [1.165, 1.54) is 10.5 Å². The van der Waals surface area contributed by atoms with E-state index in [2.05, 4.69) is 49.3 Å². The zero-order valence-corrected chi connectivity index (χ0v) is 11.8. The molecule has 0 aliphatic carbocycles. The van der Waals surface area contributed by atoms with Crippen molar-refractivity contribution in [3.8, 4) is 0 Å². The van der Waals surface area contributed by atoms with Crippen molar-refractivity contribution in [3.05, 3.63) is 29.8 Å². The van der Waals surface area contributed by atoms with Gasteiger partial charge in [0.25, 0.3) is 0 Å². The average Bonchev–Trinajstić information content (AvgIpc) is 2.35. The molecule has 96 valence electrons. The van der Waals surface area contributed by atoms with E-state index in [-0.39, 0.29) is 6.61 Å². The molecule has 3 heteroatoms. The molecule has 0 aromatic heterocycles. The van der Waals surface area contributed by atoms with Crippen molar-refractivity contribution in [2.75, 3.05) is 19.4 Å². The highest BCUT2D eigenvalue weighted by Gasteiger charge is 2.09. The second-order valence-electron chi connectivity index (χ2n) is 4.49. The monoisotopic (exact) mass is 253 g/mol. The number of hydrogen-bond acceptors (Lipinski definition) is 3. The summed E-state index contributed by atoms with van der Waals surface area (Å²) in [6.07, 6.45) is 2.94. The summed E-state index contributed by atoms with van der Waals surface area (Å²) >= 11 is 1.77. The summed E-state index contributed by atoms with van der Waals surface area (Å²) in [7, 11) is 0. The molecular formula is C14H23NOS. The number of rotatable bonds is 7. The van der Waals surface area contributed by atoms with Crippen LogP contribution >= 0.6 is 11.8 Å². The Morgan fingerprint density at radius 3 is 2.35 bits per heavy atom. The van der Waals surface area contributed by atoms with Crippen molar-refractivity contribution in [2.24, 2.45) is 0 Å². The Hall–Kier alpha value is -0.510. The second kappa shape index (κ2) is 7.75. The van der Waals surface area contributed by atoms with Crippen LogP contribution in [0.5, 0.6) is 0 Å². The van der Waals surface area contributed by atoms with E-state index in [9.17, 15) is 0 Å². The molecule has 0 saturated carbocycles. The number of aliphatic hydroxyl groups excluding tert-OH is 1. The lowest BCUT2D eigenvalue weighted by Crippen LogP contribution is -2.31. The highest BCUT2D eigenvalue weighted by atomic mass is 32.2. The highest BCUT2D eigenvalue weighted by molar-refractivity contribution is 7.98. The van der Waals surface area contributed by atoms with Gasteiger partial charge in [-0.25, -0.2) is 0 Å². The quantitative estimate of drug-likeness (QED) is 0.756. The maximum atomic E-state index is 8.90. The van der Waals surface area contributed by atoms with Crippen molar-refractivity contribution >= 4 is 11.8 Å². The van der Waals surface area contributed by atoms with E-state index in [1.807, 2.05) is 0 Å². The highest BCUT2D eigenvalue weighted by Crippen LogP contribution is 2.16. The van der Waals surface area contributed by atoms with Crippen LogP contribution in [0.2, 0.25) is 0 Å². The fourth-order valence-electron chi connectivity index (χ4n) is 1.76. The molecule has 0 aliphatic rings. The summed E-state index contributed by atoms with van der Waals surface area (Å²) in [4.78, 5) is 3.70. The van der Waals surface area contributed by atoms with Crippen LogP contribution in [0.4, 0.5) is 0 Å². The van der Waals surface area contributed by atoms with Crippen LogP contribution in [0.25, 0.3) is 0 Å². The van der Waals surface area contributed by atoms with Crippen LogP contribution in [0.15, 0.2) is 29.2 Å². The van der Waals surface area contributed by atoms with Gasteiger partial charge >= 0.3 is 0 Å². The van der Waals surface area contributed by atoms with Gasteiger partial charge in [0.1, 0.15) is 0 Å². The number of thioether (sulfide) groups is 1. The van der Waals surface area contributed by atoms with Crippen LogP contribution in [0.3, 0.4) is 0 Å². The van der Waals surface area contributed by atoms with Gasteiger partial charge in [0.2, 0.25) is 0 Å². The first-order chi connectivity index (χ1) is 8.17. The predicted octanol–water partition coefficient (Wildman–Crippen LogP) is 3.00. The van der Waals surface area contributed by atoms with Crippen LogP contribution < -0.4 is 0 Å². The van der Waals surface area contributed by atoms with E-state index in [1.54, 1.807) is 11.8 Å². The number of aliphatic hydroxyl groups is 1. The third-order valence-corrected chi connectivity index (χ3v) is 3.62. The van der Waals surface area contributed by atoms with Crippen LogP contribution in [0, 0.1) is 0 Å².